The van der Waals surface area contributed by atoms with Gasteiger partial charge in [-0.1, -0.05) is 0 Å². The summed E-state index contributed by atoms with van der Waals surface area (Å²) in [5.74, 6) is -0.156. The standard InChI is InChI=1S/C16H25N3O2/c1-3-21-16(20)13(2)18-15-6-10-19(11-7-15)12-14-4-8-17-9-5-14/h4-5,8-9,13,15,18H,3,6-7,10-12H2,1-2H3/t13-/m1/s1. The molecule has 1 N–H and O–H groups in total. The Bertz CT molecular complexity index is 430. The number of rotatable bonds is 6. The Morgan fingerprint density at radius 1 is 1.43 bits per heavy atom. The summed E-state index contributed by atoms with van der Waals surface area (Å²) < 4.78 is 5.03. The van der Waals surface area contributed by atoms with Crippen LogP contribution < -0.4 is 5.32 Å². The van der Waals surface area contributed by atoms with E-state index in [0.29, 0.717) is 12.6 Å². The molecule has 0 aromatic carbocycles. The molecule has 1 aliphatic heterocycles. The zero-order valence-electron chi connectivity index (χ0n) is 12.9. The first-order valence-electron chi connectivity index (χ1n) is 7.73. The van der Waals surface area contributed by atoms with Gasteiger partial charge in [0.05, 0.1) is 6.61 Å². The molecule has 1 aromatic heterocycles. The Kier molecular flexibility index (Phi) is 6.14. The summed E-state index contributed by atoms with van der Waals surface area (Å²) in [6.45, 7) is 7.23. The van der Waals surface area contributed by atoms with Crippen molar-refractivity contribution in [1.29, 1.82) is 0 Å². The van der Waals surface area contributed by atoms with Crippen LogP contribution in [-0.4, -0.2) is 47.6 Å². The molecule has 1 fully saturated rings. The van der Waals surface area contributed by atoms with Crippen molar-refractivity contribution in [3.05, 3.63) is 30.1 Å². The number of carbonyl (C=O) groups is 1. The summed E-state index contributed by atoms with van der Waals surface area (Å²) in [6, 6.07) is 4.31. The summed E-state index contributed by atoms with van der Waals surface area (Å²) >= 11 is 0. The van der Waals surface area contributed by atoms with Crippen molar-refractivity contribution < 1.29 is 9.53 Å². The fourth-order valence-corrected chi connectivity index (χ4v) is 2.69. The number of likely N-dealkylation sites (tertiary alicyclic amines) is 1. The molecule has 0 radical (unpaired) electrons. The number of nitrogens with one attached hydrogen (secondary N) is 1. The molecule has 0 saturated carbocycles. The summed E-state index contributed by atoms with van der Waals surface area (Å²) in [6.07, 6.45) is 5.80. The van der Waals surface area contributed by atoms with E-state index in [2.05, 4.69) is 27.3 Å². The Balaban J connectivity index is 1.72. The highest BCUT2D eigenvalue weighted by atomic mass is 16.5. The van der Waals surface area contributed by atoms with Gasteiger partial charge in [0.15, 0.2) is 0 Å². The first kappa shape index (κ1) is 15.9. The van der Waals surface area contributed by atoms with Crippen LogP contribution in [0.1, 0.15) is 32.3 Å². The quantitative estimate of drug-likeness (QED) is 0.807. The molecule has 0 aliphatic carbocycles. The van der Waals surface area contributed by atoms with Crippen LogP contribution in [-0.2, 0) is 16.1 Å². The fourth-order valence-electron chi connectivity index (χ4n) is 2.69. The Labute approximate surface area is 126 Å². The van der Waals surface area contributed by atoms with E-state index >= 15 is 0 Å². The molecule has 0 amide bonds. The number of carbonyl (C=O) groups excluding carboxylic acids is 1. The lowest BCUT2D eigenvalue weighted by atomic mass is 10.0. The third-order valence-electron chi connectivity index (χ3n) is 3.87. The van der Waals surface area contributed by atoms with Crippen LogP contribution in [0.15, 0.2) is 24.5 Å². The van der Waals surface area contributed by atoms with Crippen LogP contribution >= 0.6 is 0 Å². The van der Waals surface area contributed by atoms with E-state index < -0.39 is 0 Å². The van der Waals surface area contributed by atoms with Gasteiger partial charge < -0.3 is 10.1 Å². The summed E-state index contributed by atoms with van der Waals surface area (Å²) in [5, 5.41) is 3.38. The first-order valence-corrected chi connectivity index (χ1v) is 7.73. The van der Waals surface area contributed by atoms with Crippen LogP contribution in [0.25, 0.3) is 0 Å². The van der Waals surface area contributed by atoms with Crippen molar-refractivity contribution in [2.45, 2.75) is 45.3 Å². The highest BCUT2D eigenvalue weighted by molar-refractivity contribution is 5.75. The normalized spacial score (nSPS) is 18.4. The number of esters is 1. The van der Waals surface area contributed by atoms with E-state index in [4.69, 9.17) is 4.74 Å². The molecule has 21 heavy (non-hydrogen) atoms. The van der Waals surface area contributed by atoms with Gasteiger partial charge in [-0.3, -0.25) is 14.7 Å². The minimum Gasteiger partial charge on any atom is -0.465 e. The second-order valence-electron chi connectivity index (χ2n) is 5.55. The van der Waals surface area contributed by atoms with Crippen molar-refractivity contribution in [3.8, 4) is 0 Å². The predicted molar refractivity (Wildman–Crippen MR) is 81.8 cm³/mol. The van der Waals surface area contributed by atoms with Crippen molar-refractivity contribution in [2.75, 3.05) is 19.7 Å². The maximum absolute atomic E-state index is 11.6. The van der Waals surface area contributed by atoms with Gasteiger partial charge in [0, 0.05) is 25.0 Å². The molecule has 1 aromatic rings. The average molecular weight is 291 g/mol. The molecule has 2 heterocycles. The summed E-state index contributed by atoms with van der Waals surface area (Å²) in [5.41, 5.74) is 1.30. The molecular weight excluding hydrogens is 266 g/mol. The molecule has 116 valence electrons. The average Bonchev–Trinajstić information content (AvgIpc) is 2.50. The van der Waals surface area contributed by atoms with Gasteiger partial charge in [-0.05, 0) is 57.5 Å². The monoisotopic (exact) mass is 291 g/mol. The fraction of sp³-hybridized carbons (Fsp3) is 0.625. The highest BCUT2D eigenvalue weighted by Gasteiger charge is 2.23. The second kappa shape index (κ2) is 8.10. The molecule has 0 unspecified atom stereocenters. The summed E-state index contributed by atoms with van der Waals surface area (Å²) in [7, 11) is 0. The predicted octanol–water partition coefficient (Wildman–Crippen LogP) is 1.59. The molecule has 0 bridgehead atoms. The van der Waals surface area contributed by atoms with Gasteiger partial charge in [-0.2, -0.15) is 0 Å². The zero-order chi connectivity index (χ0) is 15.1. The third-order valence-corrected chi connectivity index (χ3v) is 3.87. The zero-order valence-corrected chi connectivity index (χ0v) is 12.9. The van der Waals surface area contributed by atoms with E-state index in [1.165, 1.54) is 5.56 Å². The number of nitrogens with zero attached hydrogens (tertiary/aromatic N) is 2. The van der Waals surface area contributed by atoms with Gasteiger partial charge in [0.25, 0.3) is 0 Å². The van der Waals surface area contributed by atoms with Gasteiger partial charge >= 0.3 is 5.97 Å². The van der Waals surface area contributed by atoms with Crippen molar-refractivity contribution in [1.82, 2.24) is 15.2 Å². The molecule has 5 heteroatoms. The maximum atomic E-state index is 11.6. The molecule has 1 atom stereocenters. The van der Waals surface area contributed by atoms with Crippen LogP contribution in [0, 0.1) is 0 Å². The lowest BCUT2D eigenvalue weighted by Crippen LogP contribution is -2.47. The van der Waals surface area contributed by atoms with Gasteiger partial charge in [-0.15, -0.1) is 0 Å². The molecule has 0 spiro atoms. The van der Waals surface area contributed by atoms with E-state index in [9.17, 15) is 4.79 Å². The number of piperidine rings is 1. The van der Waals surface area contributed by atoms with E-state index in [1.54, 1.807) is 0 Å². The lowest BCUT2D eigenvalue weighted by Gasteiger charge is -2.33. The van der Waals surface area contributed by atoms with E-state index in [1.807, 2.05) is 26.2 Å². The van der Waals surface area contributed by atoms with Gasteiger partial charge in [-0.25, -0.2) is 0 Å². The SMILES string of the molecule is CCOC(=O)[C@@H](C)NC1CCN(Cc2ccncc2)CC1. The number of aromatic nitrogens is 1. The van der Waals surface area contributed by atoms with Crippen LogP contribution in [0.2, 0.25) is 0 Å². The van der Waals surface area contributed by atoms with Crippen molar-refractivity contribution in [2.24, 2.45) is 0 Å². The van der Waals surface area contributed by atoms with Crippen molar-refractivity contribution >= 4 is 5.97 Å². The topological polar surface area (TPSA) is 54.5 Å². The molecule has 1 aliphatic rings. The Morgan fingerprint density at radius 2 is 2.10 bits per heavy atom. The largest absolute Gasteiger partial charge is 0.465 e. The number of ether oxygens (including phenoxy) is 1. The van der Waals surface area contributed by atoms with E-state index in [-0.39, 0.29) is 12.0 Å². The number of pyridine rings is 1. The molecule has 5 nitrogen and oxygen atoms in total. The van der Waals surface area contributed by atoms with Crippen LogP contribution in [0.4, 0.5) is 0 Å². The molecule has 2 rings (SSSR count). The number of hydrogen-bond acceptors (Lipinski definition) is 5. The lowest BCUT2D eigenvalue weighted by molar-refractivity contribution is -0.145. The maximum Gasteiger partial charge on any atom is 0.322 e. The number of hydrogen-bond donors (Lipinski definition) is 1. The first-order chi connectivity index (χ1) is 10.2. The molecule has 1 saturated heterocycles. The van der Waals surface area contributed by atoms with E-state index in [0.717, 1.165) is 32.5 Å². The summed E-state index contributed by atoms with van der Waals surface area (Å²) in [4.78, 5) is 18.1. The van der Waals surface area contributed by atoms with Gasteiger partial charge in [0.2, 0.25) is 0 Å². The molecular formula is C16H25N3O2. The second-order valence-corrected chi connectivity index (χ2v) is 5.55. The smallest absolute Gasteiger partial charge is 0.322 e. The minimum absolute atomic E-state index is 0.156. The van der Waals surface area contributed by atoms with Crippen molar-refractivity contribution in [3.63, 3.8) is 0 Å². The van der Waals surface area contributed by atoms with Crippen LogP contribution in [0.5, 0.6) is 0 Å². The van der Waals surface area contributed by atoms with Crippen LogP contribution in [0.3, 0.4) is 0 Å². The third kappa shape index (κ3) is 5.10. The highest BCUT2D eigenvalue weighted by Crippen LogP contribution is 2.14. The Hall–Kier alpha value is -1.46. The Morgan fingerprint density at radius 3 is 2.71 bits per heavy atom. The minimum atomic E-state index is -0.221. The van der Waals surface area contributed by atoms with Gasteiger partial charge in [0.1, 0.15) is 6.04 Å².